The Morgan fingerprint density at radius 1 is 1.03 bits per heavy atom. The van der Waals surface area contributed by atoms with Crippen LogP contribution in [0.2, 0.25) is 0 Å². The van der Waals surface area contributed by atoms with Crippen LogP contribution in [0.1, 0.15) is 95.2 Å². The van der Waals surface area contributed by atoms with Crippen LogP contribution in [-0.2, 0) is 11.0 Å². The Balaban J connectivity index is 1.43. The minimum Gasteiger partial charge on any atom is -0.490 e. The Morgan fingerprint density at radius 3 is 2.27 bits per heavy atom. The monoisotopic (exact) mass is 517 g/mol. The van der Waals surface area contributed by atoms with Crippen LogP contribution in [0.15, 0.2) is 30.3 Å². The molecule has 3 atom stereocenters. The number of hydrogen-bond acceptors (Lipinski definition) is 3. The molecule has 202 valence electrons. The zero-order chi connectivity index (χ0) is 26.3. The van der Waals surface area contributed by atoms with Crippen LogP contribution in [0.5, 0.6) is 5.75 Å². The lowest BCUT2D eigenvalue weighted by atomic mass is 9.86. The number of carboxylic acids is 1. The van der Waals surface area contributed by atoms with E-state index in [1.165, 1.54) is 6.07 Å². The van der Waals surface area contributed by atoms with E-state index in [0.717, 1.165) is 56.9 Å². The topological polar surface area (TPSA) is 49.8 Å². The van der Waals surface area contributed by atoms with Crippen molar-refractivity contribution in [1.82, 2.24) is 4.90 Å². The van der Waals surface area contributed by atoms with Crippen molar-refractivity contribution in [2.24, 2.45) is 11.8 Å². The molecule has 0 aromatic heterocycles. The normalized spacial score (nSPS) is 29.4. The number of nitrogens with zero attached hydrogens (tertiary/aromatic N) is 1. The summed E-state index contributed by atoms with van der Waals surface area (Å²) in [4.78, 5) is 14.1. The fraction of sp³-hybridized carbons (Fsp3) is 0.633. The minimum atomic E-state index is -4.51. The highest BCUT2D eigenvalue weighted by Crippen LogP contribution is 2.47. The van der Waals surface area contributed by atoms with Gasteiger partial charge in [0, 0.05) is 18.1 Å². The van der Waals surface area contributed by atoms with E-state index in [0.29, 0.717) is 24.1 Å². The van der Waals surface area contributed by atoms with Crippen molar-refractivity contribution in [3.8, 4) is 5.75 Å². The van der Waals surface area contributed by atoms with Gasteiger partial charge >= 0.3 is 12.1 Å². The van der Waals surface area contributed by atoms with Crippen molar-refractivity contribution in [2.45, 2.75) is 108 Å². The van der Waals surface area contributed by atoms with Gasteiger partial charge in [-0.15, -0.1) is 0 Å². The first-order chi connectivity index (χ1) is 17.7. The summed E-state index contributed by atoms with van der Waals surface area (Å²) in [6.45, 7) is 4.26. The number of ether oxygens (including phenoxy) is 1. The molecule has 2 heterocycles. The van der Waals surface area contributed by atoms with E-state index >= 15 is 0 Å². The van der Waals surface area contributed by atoms with Crippen molar-refractivity contribution in [1.29, 1.82) is 0 Å². The van der Waals surface area contributed by atoms with Crippen molar-refractivity contribution in [3.63, 3.8) is 0 Å². The average molecular weight is 518 g/mol. The van der Waals surface area contributed by atoms with Crippen LogP contribution in [0, 0.1) is 11.8 Å². The molecule has 2 saturated heterocycles. The van der Waals surface area contributed by atoms with Crippen molar-refractivity contribution < 1.29 is 27.8 Å². The molecular weight excluding hydrogens is 479 g/mol. The van der Waals surface area contributed by atoms with Crippen LogP contribution in [0.25, 0.3) is 10.8 Å². The van der Waals surface area contributed by atoms with E-state index in [2.05, 4.69) is 18.7 Å². The van der Waals surface area contributed by atoms with E-state index in [1.54, 1.807) is 12.1 Å². The van der Waals surface area contributed by atoms with Gasteiger partial charge in [-0.3, -0.25) is 9.69 Å². The number of halogens is 3. The predicted molar refractivity (Wildman–Crippen MR) is 138 cm³/mol. The summed E-state index contributed by atoms with van der Waals surface area (Å²) >= 11 is 0. The summed E-state index contributed by atoms with van der Waals surface area (Å²) in [5.74, 6) is -0.429. The Morgan fingerprint density at radius 2 is 1.70 bits per heavy atom. The Labute approximate surface area is 217 Å². The molecule has 1 N–H and O–H groups in total. The second-order valence-corrected chi connectivity index (χ2v) is 11.3. The lowest BCUT2D eigenvalue weighted by molar-refractivity contribution is -0.145. The molecule has 7 heteroatoms. The van der Waals surface area contributed by atoms with Crippen LogP contribution < -0.4 is 4.74 Å². The molecule has 1 aliphatic carbocycles. The third-order valence-corrected chi connectivity index (χ3v) is 9.22. The molecular formula is C30H38F3NO3. The number of rotatable bonds is 7. The number of piperidine rings is 1. The Hall–Kier alpha value is -2.28. The highest BCUT2D eigenvalue weighted by molar-refractivity contribution is 5.89. The molecule has 37 heavy (non-hydrogen) atoms. The smallest absolute Gasteiger partial charge is 0.420 e. The van der Waals surface area contributed by atoms with Crippen LogP contribution in [0.3, 0.4) is 0 Å². The minimum absolute atomic E-state index is 0.0615. The van der Waals surface area contributed by atoms with Crippen LogP contribution >= 0.6 is 0 Å². The third kappa shape index (κ3) is 5.21. The maximum atomic E-state index is 14.3. The van der Waals surface area contributed by atoms with Crippen molar-refractivity contribution in [2.75, 3.05) is 0 Å². The third-order valence-electron chi connectivity index (χ3n) is 9.22. The molecule has 0 amide bonds. The van der Waals surface area contributed by atoms with Gasteiger partial charge in [0.05, 0.1) is 12.0 Å². The van der Waals surface area contributed by atoms with Gasteiger partial charge in [-0.05, 0) is 92.2 Å². The van der Waals surface area contributed by atoms with Gasteiger partial charge in [-0.25, -0.2) is 0 Å². The molecule has 2 aromatic rings. The molecule has 4 nitrogen and oxygen atoms in total. The number of carboxylic acid groups (broad SMARTS) is 1. The molecule has 2 aliphatic heterocycles. The highest BCUT2D eigenvalue weighted by atomic mass is 19.4. The summed E-state index contributed by atoms with van der Waals surface area (Å²) in [6, 6.07) is 9.11. The van der Waals surface area contributed by atoms with Gasteiger partial charge in [0.1, 0.15) is 11.3 Å². The number of carbonyl (C=O) groups is 1. The fourth-order valence-corrected chi connectivity index (χ4v) is 7.31. The Bertz CT molecular complexity index is 1110. The number of hydrogen-bond donors (Lipinski definition) is 1. The molecule has 2 unspecified atom stereocenters. The van der Waals surface area contributed by atoms with Crippen LogP contribution in [-0.4, -0.2) is 34.2 Å². The molecule has 3 aliphatic rings. The molecule has 3 fully saturated rings. The van der Waals surface area contributed by atoms with E-state index in [4.69, 9.17) is 4.74 Å². The molecule has 1 saturated carbocycles. The SMILES string of the molecule is CCC1CCC(Oc2ccc3cc([C@@H](CC)N4C5CCC4CC(C(=O)O)C5)ccc3c2C(F)(F)F)CC1. The lowest BCUT2D eigenvalue weighted by Gasteiger charge is -2.42. The summed E-state index contributed by atoms with van der Waals surface area (Å²) in [7, 11) is 0. The lowest BCUT2D eigenvalue weighted by Crippen LogP contribution is -2.46. The van der Waals surface area contributed by atoms with Gasteiger partial charge in [0.15, 0.2) is 0 Å². The maximum absolute atomic E-state index is 14.3. The van der Waals surface area contributed by atoms with Crippen LogP contribution in [0.4, 0.5) is 13.2 Å². The number of fused-ring (bicyclic) bond motifs is 3. The molecule has 5 rings (SSSR count). The quantitative estimate of drug-likeness (QED) is 0.404. The largest absolute Gasteiger partial charge is 0.490 e. The van der Waals surface area contributed by atoms with Gasteiger partial charge in [0.25, 0.3) is 0 Å². The van der Waals surface area contributed by atoms with Crippen molar-refractivity contribution in [3.05, 3.63) is 41.5 Å². The van der Waals surface area contributed by atoms with E-state index in [-0.39, 0.29) is 41.3 Å². The van der Waals surface area contributed by atoms with Gasteiger partial charge in [0.2, 0.25) is 0 Å². The summed E-state index contributed by atoms with van der Waals surface area (Å²) in [6.07, 6.45) is 4.11. The first kappa shape index (κ1) is 26.3. The summed E-state index contributed by atoms with van der Waals surface area (Å²) in [5.41, 5.74) is 0.324. The van der Waals surface area contributed by atoms with Crippen molar-refractivity contribution >= 4 is 16.7 Å². The number of aliphatic carboxylic acids is 1. The van der Waals surface area contributed by atoms with Gasteiger partial charge in [-0.1, -0.05) is 38.5 Å². The van der Waals surface area contributed by atoms with E-state index < -0.39 is 17.7 Å². The Kier molecular flexibility index (Phi) is 7.45. The second-order valence-electron chi connectivity index (χ2n) is 11.3. The zero-order valence-electron chi connectivity index (χ0n) is 21.8. The first-order valence-corrected chi connectivity index (χ1v) is 14.0. The van der Waals surface area contributed by atoms with Gasteiger partial charge in [-0.2, -0.15) is 13.2 Å². The van der Waals surface area contributed by atoms with E-state index in [1.807, 2.05) is 12.1 Å². The standard InChI is InChI=1S/C30H38F3NO3/c1-3-18-5-11-24(12-6-18)37-27-14-8-19-15-20(7-13-25(19)28(27)30(31,32)33)26(4-2)34-22-9-10-23(34)17-21(16-22)29(35)36/h7-8,13-15,18,21-24,26H,3-6,9-12,16-17H2,1-2H3,(H,35,36)/t18?,21?,22?,23?,24?,26-/m1/s1. The second kappa shape index (κ2) is 10.5. The van der Waals surface area contributed by atoms with E-state index in [9.17, 15) is 23.1 Å². The fourth-order valence-electron chi connectivity index (χ4n) is 7.31. The molecule has 0 radical (unpaired) electrons. The summed E-state index contributed by atoms with van der Waals surface area (Å²) < 4.78 is 49.0. The summed E-state index contributed by atoms with van der Waals surface area (Å²) in [5, 5.41) is 10.3. The molecule has 2 aromatic carbocycles. The number of benzene rings is 2. The molecule has 0 spiro atoms. The predicted octanol–water partition coefficient (Wildman–Crippen LogP) is 7.98. The highest BCUT2D eigenvalue weighted by Gasteiger charge is 2.46. The maximum Gasteiger partial charge on any atom is 0.420 e. The number of alkyl halides is 3. The van der Waals surface area contributed by atoms with Gasteiger partial charge < -0.3 is 9.84 Å². The molecule has 2 bridgehead atoms. The average Bonchev–Trinajstić information content (AvgIpc) is 3.11. The first-order valence-electron chi connectivity index (χ1n) is 14.0. The zero-order valence-corrected chi connectivity index (χ0v) is 21.8.